The Hall–Kier alpha value is -1.48. The molecule has 0 atom stereocenters. The fraction of sp³-hybridized carbons (Fsp3) is 0.385. The first-order valence-corrected chi connectivity index (χ1v) is 5.91. The predicted octanol–water partition coefficient (Wildman–Crippen LogP) is 2.95. The van der Waals surface area contributed by atoms with E-state index < -0.39 is 0 Å². The molecule has 3 heteroatoms. The van der Waals surface area contributed by atoms with Crippen molar-refractivity contribution in [2.45, 2.75) is 19.3 Å². The molecule has 16 heavy (non-hydrogen) atoms. The van der Waals surface area contributed by atoms with E-state index in [1.165, 1.54) is 30.0 Å². The Labute approximate surface area is 95.0 Å². The zero-order valence-corrected chi connectivity index (χ0v) is 9.28. The molecule has 0 aliphatic carbocycles. The van der Waals surface area contributed by atoms with Gasteiger partial charge in [-0.2, -0.15) is 0 Å². The lowest BCUT2D eigenvalue weighted by atomic mass is 10.2. The van der Waals surface area contributed by atoms with E-state index >= 15 is 0 Å². The first kappa shape index (κ1) is 9.73. The summed E-state index contributed by atoms with van der Waals surface area (Å²) in [7, 11) is 0. The number of benzene rings is 1. The normalized spacial score (nSPS) is 17.8. The van der Waals surface area contributed by atoms with Crippen molar-refractivity contribution in [1.29, 1.82) is 0 Å². The minimum absolute atomic E-state index is 0.939. The molecule has 0 amide bonds. The van der Waals surface area contributed by atoms with Gasteiger partial charge in [-0.1, -0.05) is 6.42 Å². The minimum atomic E-state index is 0.939. The van der Waals surface area contributed by atoms with Crippen LogP contribution in [0.2, 0.25) is 0 Å². The summed E-state index contributed by atoms with van der Waals surface area (Å²) in [5, 5.41) is 4.50. The topological polar surface area (TPSA) is 28.3 Å². The molecule has 3 nitrogen and oxygen atoms in total. The summed E-state index contributed by atoms with van der Waals surface area (Å²) in [5.41, 5.74) is 0. The van der Waals surface area contributed by atoms with Crippen molar-refractivity contribution >= 4 is 10.8 Å². The van der Waals surface area contributed by atoms with Gasteiger partial charge in [0.25, 0.3) is 0 Å². The zero-order chi connectivity index (χ0) is 10.8. The van der Waals surface area contributed by atoms with Crippen LogP contribution >= 0.6 is 0 Å². The van der Waals surface area contributed by atoms with E-state index in [9.17, 15) is 0 Å². The molecule has 0 spiro atoms. The van der Waals surface area contributed by atoms with E-state index in [1.807, 2.05) is 18.5 Å². The highest BCUT2D eigenvalue weighted by atomic mass is 16.7. The third kappa shape index (κ3) is 1.91. The Morgan fingerprint density at radius 2 is 1.81 bits per heavy atom. The molecule has 1 aliphatic heterocycles. The SMILES string of the molecule is c1cc2c[nH]cc2cc1ON1CCCCC1. The van der Waals surface area contributed by atoms with Gasteiger partial charge in [0.2, 0.25) is 0 Å². The Balaban J connectivity index is 1.77. The van der Waals surface area contributed by atoms with E-state index in [4.69, 9.17) is 4.84 Å². The number of H-pyrrole nitrogens is 1. The summed E-state index contributed by atoms with van der Waals surface area (Å²) in [5.74, 6) is 0.939. The Morgan fingerprint density at radius 1 is 1.00 bits per heavy atom. The first-order chi connectivity index (χ1) is 7.92. The van der Waals surface area contributed by atoms with E-state index in [-0.39, 0.29) is 0 Å². The predicted molar refractivity (Wildman–Crippen MR) is 64.4 cm³/mol. The molecule has 0 unspecified atom stereocenters. The lowest BCUT2D eigenvalue weighted by Gasteiger charge is -2.25. The smallest absolute Gasteiger partial charge is 0.148 e. The van der Waals surface area contributed by atoms with Crippen LogP contribution in [0.4, 0.5) is 0 Å². The average Bonchev–Trinajstić information content (AvgIpc) is 2.77. The highest BCUT2D eigenvalue weighted by Crippen LogP contribution is 2.22. The molecule has 3 rings (SSSR count). The molecule has 84 valence electrons. The van der Waals surface area contributed by atoms with Gasteiger partial charge in [0.1, 0.15) is 5.75 Å². The summed E-state index contributed by atoms with van der Waals surface area (Å²) in [4.78, 5) is 8.95. The van der Waals surface area contributed by atoms with Crippen molar-refractivity contribution in [2.24, 2.45) is 0 Å². The lowest BCUT2D eigenvalue weighted by Crippen LogP contribution is -2.32. The van der Waals surface area contributed by atoms with Crippen molar-refractivity contribution in [3.8, 4) is 5.75 Å². The van der Waals surface area contributed by atoms with E-state index in [1.54, 1.807) is 0 Å². The highest BCUT2D eigenvalue weighted by Gasteiger charge is 2.11. The third-order valence-electron chi connectivity index (χ3n) is 3.09. The number of hydroxylamine groups is 2. The van der Waals surface area contributed by atoms with Crippen LogP contribution in [0.15, 0.2) is 30.6 Å². The van der Waals surface area contributed by atoms with Gasteiger partial charge in [0, 0.05) is 30.9 Å². The quantitative estimate of drug-likeness (QED) is 0.836. The molecule has 1 aliphatic rings. The third-order valence-corrected chi connectivity index (χ3v) is 3.09. The van der Waals surface area contributed by atoms with Gasteiger partial charge in [-0.05, 0) is 36.4 Å². The summed E-state index contributed by atoms with van der Waals surface area (Å²) in [6.45, 7) is 2.09. The summed E-state index contributed by atoms with van der Waals surface area (Å²) in [6, 6.07) is 6.20. The molecule has 2 heterocycles. The second kappa shape index (κ2) is 4.18. The van der Waals surface area contributed by atoms with Crippen molar-refractivity contribution in [1.82, 2.24) is 10.0 Å². The second-order valence-electron chi connectivity index (χ2n) is 4.33. The molecular weight excluding hydrogens is 200 g/mol. The number of nitrogens with zero attached hydrogens (tertiary/aromatic N) is 1. The van der Waals surface area contributed by atoms with Crippen molar-refractivity contribution < 1.29 is 4.84 Å². The van der Waals surface area contributed by atoms with E-state index in [0.29, 0.717) is 0 Å². The van der Waals surface area contributed by atoms with Gasteiger partial charge < -0.3 is 9.82 Å². The number of hydrogen-bond donors (Lipinski definition) is 1. The fourth-order valence-corrected chi connectivity index (χ4v) is 2.19. The molecule has 0 radical (unpaired) electrons. The molecule has 2 aromatic rings. The lowest BCUT2D eigenvalue weighted by molar-refractivity contribution is -0.0718. The highest BCUT2D eigenvalue weighted by molar-refractivity contribution is 5.83. The molecule has 1 saturated heterocycles. The average molecular weight is 216 g/mol. The Morgan fingerprint density at radius 3 is 2.69 bits per heavy atom. The van der Waals surface area contributed by atoms with Crippen LogP contribution in [0.1, 0.15) is 19.3 Å². The number of nitrogens with one attached hydrogen (secondary N) is 1. The maximum absolute atomic E-state index is 5.85. The number of aromatic amines is 1. The number of fused-ring (bicyclic) bond motifs is 1. The standard InChI is InChI=1S/C13H16N2O/c1-2-6-15(7-3-1)16-13-5-4-11-9-14-10-12(11)8-13/h4-5,8-10,14H,1-3,6-7H2. The van der Waals surface area contributed by atoms with Gasteiger partial charge in [-0.3, -0.25) is 0 Å². The van der Waals surface area contributed by atoms with Crippen LogP contribution in [-0.4, -0.2) is 23.1 Å². The van der Waals surface area contributed by atoms with E-state index in [2.05, 4.69) is 22.2 Å². The van der Waals surface area contributed by atoms with Crippen LogP contribution in [-0.2, 0) is 0 Å². The number of piperidine rings is 1. The fourth-order valence-electron chi connectivity index (χ4n) is 2.19. The molecule has 1 fully saturated rings. The zero-order valence-electron chi connectivity index (χ0n) is 9.28. The van der Waals surface area contributed by atoms with Crippen molar-refractivity contribution in [3.63, 3.8) is 0 Å². The number of aromatic nitrogens is 1. The molecule has 1 aromatic carbocycles. The van der Waals surface area contributed by atoms with Crippen LogP contribution in [0.5, 0.6) is 5.75 Å². The summed E-state index contributed by atoms with van der Waals surface area (Å²) in [6.07, 6.45) is 7.81. The summed E-state index contributed by atoms with van der Waals surface area (Å²) < 4.78 is 0. The molecule has 0 saturated carbocycles. The van der Waals surface area contributed by atoms with Crippen LogP contribution in [0.25, 0.3) is 10.8 Å². The van der Waals surface area contributed by atoms with Gasteiger partial charge >= 0.3 is 0 Å². The van der Waals surface area contributed by atoms with Gasteiger partial charge in [-0.15, -0.1) is 5.06 Å². The molecular formula is C13H16N2O. The van der Waals surface area contributed by atoms with Crippen LogP contribution < -0.4 is 4.84 Å². The number of hydrogen-bond acceptors (Lipinski definition) is 2. The van der Waals surface area contributed by atoms with Crippen LogP contribution in [0, 0.1) is 0 Å². The number of rotatable bonds is 2. The maximum atomic E-state index is 5.85. The van der Waals surface area contributed by atoms with Crippen molar-refractivity contribution in [2.75, 3.05) is 13.1 Å². The largest absolute Gasteiger partial charge is 0.406 e. The Bertz CT molecular complexity index is 471. The maximum Gasteiger partial charge on any atom is 0.148 e. The first-order valence-electron chi connectivity index (χ1n) is 5.91. The van der Waals surface area contributed by atoms with Gasteiger partial charge in [0.15, 0.2) is 0 Å². The monoisotopic (exact) mass is 216 g/mol. The second-order valence-corrected chi connectivity index (χ2v) is 4.33. The van der Waals surface area contributed by atoms with Gasteiger partial charge in [0.05, 0.1) is 0 Å². The summed E-state index contributed by atoms with van der Waals surface area (Å²) >= 11 is 0. The van der Waals surface area contributed by atoms with Crippen LogP contribution in [0.3, 0.4) is 0 Å². The Kier molecular flexibility index (Phi) is 2.54. The van der Waals surface area contributed by atoms with Gasteiger partial charge in [-0.25, -0.2) is 0 Å². The molecule has 1 N–H and O–H groups in total. The molecule has 1 aromatic heterocycles. The minimum Gasteiger partial charge on any atom is -0.406 e. The van der Waals surface area contributed by atoms with Crippen molar-refractivity contribution in [3.05, 3.63) is 30.6 Å². The molecule has 0 bridgehead atoms. The van der Waals surface area contributed by atoms with E-state index in [0.717, 1.165) is 18.8 Å².